The molecule has 1 atom stereocenters. The van der Waals surface area contributed by atoms with Crippen LogP contribution in [-0.4, -0.2) is 12.4 Å². The van der Waals surface area contributed by atoms with Gasteiger partial charge in [0.25, 0.3) is 0 Å². The van der Waals surface area contributed by atoms with Crippen LogP contribution in [0.5, 0.6) is 0 Å². The highest BCUT2D eigenvalue weighted by Gasteiger charge is 2.00. The van der Waals surface area contributed by atoms with Crippen LogP contribution in [0.15, 0.2) is 16.8 Å². The molecule has 0 saturated carbocycles. The fourth-order valence-electron chi connectivity index (χ4n) is 0.618. The van der Waals surface area contributed by atoms with Gasteiger partial charge < -0.3 is 5.32 Å². The molecule has 1 rings (SSSR count). The van der Waals surface area contributed by atoms with Crippen molar-refractivity contribution in [1.82, 2.24) is 5.32 Å². The van der Waals surface area contributed by atoms with Crippen LogP contribution in [0.4, 0.5) is 0 Å². The van der Waals surface area contributed by atoms with Crippen molar-refractivity contribution in [3.63, 3.8) is 0 Å². The summed E-state index contributed by atoms with van der Waals surface area (Å²) in [6, 6.07) is 2.19. The highest BCUT2D eigenvalue weighted by atomic mass is 15.0. The molecule has 0 amide bonds. The molecule has 0 radical (unpaired) electrons. The molecular weight excluding hydrogens is 114 g/mol. The second-order valence-corrected chi connectivity index (χ2v) is 1.88. The number of nitrogens with zero attached hydrogens (tertiary/aromatic N) is 2. The first kappa shape index (κ1) is 5.83. The fourth-order valence-corrected chi connectivity index (χ4v) is 0.618. The number of nitrogens with one attached hydrogen (secondary N) is 1. The van der Waals surface area contributed by atoms with E-state index in [4.69, 9.17) is 5.26 Å². The Morgan fingerprint density at radius 1 is 1.89 bits per heavy atom. The first-order chi connectivity index (χ1) is 4.33. The maximum atomic E-state index is 8.35. The van der Waals surface area contributed by atoms with Crippen LogP contribution >= 0.6 is 0 Å². The van der Waals surface area contributed by atoms with E-state index in [9.17, 15) is 0 Å². The van der Waals surface area contributed by atoms with Crippen molar-refractivity contribution in [1.29, 1.82) is 5.26 Å². The van der Waals surface area contributed by atoms with E-state index in [1.54, 1.807) is 12.4 Å². The monoisotopic (exact) mass is 121 g/mol. The molecule has 0 aromatic rings. The second kappa shape index (κ2) is 2.31. The van der Waals surface area contributed by atoms with Crippen molar-refractivity contribution < 1.29 is 0 Å². The van der Waals surface area contributed by atoms with Crippen LogP contribution in [0.3, 0.4) is 0 Å². The van der Waals surface area contributed by atoms with E-state index >= 15 is 0 Å². The molecule has 0 unspecified atom stereocenters. The molecule has 3 nitrogen and oxygen atoms in total. The van der Waals surface area contributed by atoms with Gasteiger partial charge in [0.15, 0.2) is 0 Å². The minimum absolute atomic E-state index is 0.233. The molecule has 0 aliphatic carbocycles. The second-order valence-electron chi connectivity index (χ2n) is 1.88. The first-order valence-corrected chi connectivity index (χ1v) is 2.73. The van der Waals surface area contributed by atoms with Crippen molar-refractivity contribution in [3.8, 4) is 6.07 Å². The summed E-state index contributed by atoms with van der Waals surface area (Å²) < 4.78 is 0. The Morgan fingerprint density at radius 3 is 3.11 bits per heavy atom. The molecule has 9 heavy (non-hydrogen) atoms. The van der Waals surface area contributed by atoms with Crippen LogP contribution in [-0.2, 0) is 0 Å². The number of allylic oxidation sites excluding steroid dienone is 1. The Morgan fingerprint density at radius 2 is 2.67 bits per heavy atom. The smallest absolute Gasteiger partial charge is 0.140 e. The molecule has 46 valence electrons. The summed E-state index contributed by atoms with van der Waals surface area (Å²) >= 11 is 0. The predicted octanol–water partition coefficient (Wildman–Crippen LogP) is 0.414. The highest BCUT2D eigenvalue weighted by molar-refractivity contribution is 5.60. The van der Waals surface area contributed by atoms with E-state index in [2.05, 4.69) is 10.3 Å². The molecule has 0 aromatic heterocycles. The zero-order valence-corrected chi connectivity index (χ0v) is 5.13. The quantitative estimate of drug-likeness (QED) is 0.504. The Hall–Kier alpha value is -1.30. The summed E-state index contributed by atoms with van der Waals surface area (Å²) in [6.45, 7) is 1.96. The summed E-state index contributed by atoms with van der Waals surface area (Å²) in [5.41, 5.74) is 0.487. The standard InChI is InChI=1S/C6H7N3/c1-5-2-6(3-7)9-4-8-5/h2,4-5H,1H3,(H,8,9)/t5-/m1/s1. The third kappa shape index (κ3) is 1.29. The van der Waals surface area contributed by atoms with E-state index < -0.39 is 0 Å². The van der Waals surface area contributed by atoms with Gasteiger partial charge in [0, 0.05) is 6.04 Å². The molecule has 1 aliphatic rings. The molecule has 1 aliphatic heterocycles. The number of hydrogen-bond donors (Lipinski definition) is 1. The lowest BCUT2D eigenvalue weighted by Crippen LogP contribution is -2.25. The SMILES string of the molecule is C[C@@H]1C=C(C#N)N=CN1. The zero-order valence-electron chi connectivity index (χ0n) is 5.13. The van der Waals surface area contributed by atoms with E-state index in [-0.39, 0.29) is 6.04 Å². The third-order valence-corrected chi connectivity index (χ3v) is 1.06. The molecule has 0 saturated heterocycles. The minimum atomic E-state index is 0.233. The van der Waals surface area contributed by atoms with Gasteiger partial charge in [0.1, 0.15) is 11.8 Å². The first-order valence-electron chi connectivity index (χ1n) is 2.73. The molecule has 1 heterocycles. The molecule has 0 aromatic carbocycles. The molecular formula is C6H7N3. The Balaban J connectivity index is 2.74. The number of hydrogen-bond acceptors (Lipinski definition) is 3. The fraction of sp³-hybridized carbons (Fsp3) is 0.333. The van der Waals surface area contributed by atoms with Gasteiger partial charge in [0.2, 0.25) is 0 Å². The van der Waals surface area contributed by atoms with Gasteiger partial charge in [-0.1, -0.05) is 0 Å². The maximum Gasteiger partial charge on any atom is 0.140 e. The van der Waals surface area contributed by atoms with Crippen LogP contribution in [0.25, 0.3) is 0 Å². The Labute approximate surface area is 53.7 Å². The lowest BCUT2D eigenvalue weighted by Gasteiger charge is -2.08. The average molecular weight is 121 g/mol. The van der Waals surface area contributed by atoms with Gasteiger partial charge in [0.05, 0.1) is 6.34 Å². The minimum Gasteiger partial charge on any atom is -0.370 e. The van der Waals surface area contributed by atoms with Gasteiger partial charge in [-0.05, 0) is 13.0 Å². The van der Waals surface area contributed by atoms with Gasteiger partial charge >= 0.3 is 0 Å². The molecule has 3 heteroatoms. The highest BCUT2D eigenvalue weighted by Crippen LogP contribution is 1.99. The number of rotatable bonds is 0. The van der Waals surface area contributed by atoms with E-state index in [1.165, 1.54) is 0 Å². The largest absolute Gasteiger partial charge is 0.370 e. The summed E-state index contributed by atoms with van der Waals surface area (Å²) in [6.07, 6.45) is 3.32. The summed E-state index contributed by atoms with van der Waals surface area (Å²) in [4.78, 5) is 3.76. The van der Waals surface area contributed by atoms with Crippen molar-refractivity contribution in [2.45, 2.75) is 13.0 Å². The normalized spacial score (nSPS) is 24.0. The average Bonchev–Trinajstić information content (AvgIpc) is 1.88. The maximum absolute atomic E-state index is 8.35. The lowest BCUT2D eigenvalue weighted by molar-refractivity contribution is 0.798. The van der Waals surface area contributed by atoms with Gasteiger partial charge in [-0.25, -0.2) is 4.99 Å². The van der Waals surface area contributed by atoms with Crippen molar-refractivity contribution in [2.75, 3.05) is 0 Å². The topological polar surface area (TPSA) is 48.2 Å². The molecule has 0 fully saturated rings. The van der Waals surface area contributed by atoms with E-state index in [0.717, 1.165) is 0 Å². The Kier molecular flexibility index (Phi) is 1.50. The van der Waals surface area contributed by atoms with Crippen molar-refractivity contribution in [2.24, 2.45) is 4.99 Å². The van der Waals surface area contributed by atoms with Crippen LogP contribution in [0.2, 0.25) is 0 Å². The predicted molar refractivity (Wildman–Crippen MR) is 34.8 cm³/mol. The molecule has 0 spiro atoms. The van der Waals surface area contributed by atoms with Crippen LogP contribution in [0.1, 0.15) is 6.92 Å². The summed E-state index contributed by atoms with van der Waals surface area (Å²) in [5.74, 6) is 0. The lowest BCUT2D eigenvalue weighted by atomic mass is 10.2. The van der Waals surface area contributed by atoms with E-state index in [0.29, 0.717) is 5.70 Å². The number of nitriles is 1. The van der Waals surface area contributed by atoms with Crippen LogP contribution in [0, 0.1) is 11.3 Å². The summed E-state index contributed by atoms with van der Waals surface area (Å²) in [5, 5.41) is 11.3. The molecule has 0 bridgehead atoms. The Bertz CT molecular complexity index is 197. The van der Waals surface area contributed by atoms with Gasteiger partial charge in [-0.2, -0.15) is 5.26 Å². The number of aliphatic imine (C=N–C) groups is 1. The summed E-state index contributed by atoms with van der Waals surface area (Å²) in [7, 11) is 0. The van der Waals surface area contributed by atoms with Crippen molar-refractivity contribution >= 4 is 6.34 Å². The van der Waals surface area contributed by atoms with Crippen molar-refractivity contribution in [3.05, 3.63) is 11.8 Å². The zero-order chi connectivity index (χ0) is 6.69. The molecule has 1 N–H and O–H groups in total. The van der Waals surface area contributed by atoms with E-state index in [1.807, 2.05) is 13.0 Å². The van der Waals surface area contributed by atoms with Gasteiger partial charge in [-0.3, -0.25) is 0 Å². The van der Waals surface area contributed by atoms with Crippen LogP contribution < -0.4 is 5.32 Å². The van der Waals surface area contributed by atoms with Gasteiger partial charge in [-0.15, -0.1) is 0 Å². The third-order valence-electron chi connectivity index (χ3n) is 1.06.